The van der Waals surface area contributed by atoms with Crippen LogP contribution in [0.2, 0.25) is 0 Å². The normalized spacial score (nSPS) is 15.0. The average molecular weight is 332 g/mol. The van der Waals surface area contributed by atoms with Crippen molar-refractivity contribution in [3.05, 3.63) is 70.9 Å². The molecule has 1 aliphatic rings. The number of rotatable bonds is 4. The molecular weight excluding hydrogens is 316 g/mol. The van der Waals surface area contributed by atoms with E-state index in [2.05, 4.69) is 11.1 Å². The molecule has 5 heteroatoms. The highest BCUT2D eigenvalue weighted by Gasteiger charge is 2.24. The van der Waals surface area contributed by atoms with E-state index in [4.69, 9.17) is 14.7 Å². The molecule has 0 bridgehead atoms. The smallest absolute Gasteiger partial charge is 0.363 e. The predicted octanol–water partition coefficient (Wildman–Crippen LogP) is 3.69. The molecule has 1 aliphatic heterocycles. The van der Waals surface area contributed by atoms with Crippen molar-refractivity contribution in [3.63, 3.8) is 0 Å². The number of cyclic esters (lactones) is 1. The van der Waals surface area contributed by atoms with Crippen LogP contribution >= 0.6 is 0 Å². The molecule has 0 saturated heterocycles. The van der Waals surface area contributed by atoms with Crippen LogP contribution in [-0.2, 0) is 9.53 Å². The molecule has 25 heavy (non-hydrogen) atoms. The third-order valence-electron chi connectivity index (χ3n) is 3.41. The van der Waals surface area contributed by atoms with E-state index in [-0.39, 0.29) is 17.7 Å². The Labute approximate surface area is 145 Å². The van der Waals surface area contributed by atoms with Crippen LogP contribution < -0.4 is 4.74 Å². The topological polar surface area (TPSA) is 71.7 Å². The summed E-state index contributed by atoms with van der Waals surface area (Å²) >= 11 is 0. The van der Waals surface area contributed by atoms with E-state index in [9.17, 15) is 4.79 Å². The van der Waals surface area contributed by atoms with Gasteiger partial charge in [0.2, 0.25) is 5.90 Å². The number of aliphatic imine (C=N–C) groups is 1. The first-order valence-electron chi connectivity index (χ1n) is 7.85. The van der Waals surface area contributed by atoms with Crippen molar-refractivity contribution in [3.8, 4) is 11.8 Å². The molecule has 2 aromatic carbocycles. The van der Waals surface area contributed by atoms with E-state index < -0.39 is 5.97 Å². The van der Waals surface area contributed by atoms with Gasteiger partial charge in [-0.2, -0.15) is 5.26 Å². The van der Waals surface area contributed by atoms with Gasteiger partial charge in [-0.05, 0) is 61.9 Å². The lowest BCUT2D eigenvalue weighted by Gasteiger charge is -2.09. The molecular formula is C20H16N2O3. The fourth-order valence-corrected chi connectivity index (χ4v) is 2.34. The molecule has 0 aliphatic carbocycles. The molecule has 0 aromatic heterocycles. The number of carbonyl (C=O) groups excluding carboxylic acids is 1. The van der Waals surface area contributed by atoms with E-state index in [1.54, 1.807) is 42.5 Å². The van der Waals surface area contributed by atoms with Crippen LogP contribution in [0, 0.1) is 11.3 Å². The highest BCUT2D eigenvalue weighted by atomic mass is 16.6. The van der Waals surface area contributed by atoms with Crippen LogP contribution in [0.5, 0.6) is 5.75 Å². The second-order valence-electron chi connectivity index (χ2n) is 5.76. The van der Waals surface area contributed by atoms with Gasteiger partial charge >= 0.3 is 5.97 Å². The van der Waals surface area contributed by atoms with Gasteiger partial charge in [0, 0.05) is 5.56 Å². The third kappa shape index (κ3) is 3.93. The quantitative estimate of drug-likeness (QED) is 0.632. The maximum Gasteiger partial charge on any atom is 0.363 e. The summed E-state index contributed by atoms with van der Waals surface area (Å²) in [7, 11) is 0. The third-order valence-corrected chi connectivity index (χ3v) is 3.41. The van der Waals surface area contributed by atoms with Gasteiger partial charge in [-0.3, -0.25) is 0 Å². The lowest BCUT2D eigenvalue weighted by atomic mass is 10.1. The van der Waals surface area contributed by atoms with E-state index in [1.165, 1.54) is 0 Å². The zero-order chi connectivity index (χ0) is 17.8. The predicted molar refractivity (Wildman–Crippen MR) is 94.0 cm³/mol. The number of esters is 1. The van der Waals surface area contributed by atoms with Gasteiger partial charge in [-0.15, -0.1) is 0 Å². The SMILES string of the molecule is CC(C)Oc1ccc(C2=N/C(=C/c3cccc(C#N)c3)C(=O)O2)cc1. The summed E-state index contributed by atoms with van der Waals surface area (Å²) in [6.45, 7) is 3.91. The Balaban J connectivity index is 1.84. The molecule has 3 rings (SSSR count). The van der Waals surface area contributed by atoms with Crippen LogP contribution in [0.3, 0.4) is 0 Å². The van der Waals surface area contributed by atoms with Crippen molar-refractivity contribution >= 4 is 17.9 Å². The first-order chi connectivity index (χ1) is 12.0. The first-order valence-corrected chi connectivity index (χ1v) is 7.85. The molecule has 2 aromatic rings. The molecule has 1 heterocycles. The van der Waals surface area contributed by atoms with Crippen molar-refractivity contribution in [2.45, 2.75) is 20.0 Å². The molecule has 0 saturated carbocycles. The molecule has 0 atom stereocenters. The summed E-state index contributed by atoms with van der Waals surface area (Å²) in [5.41, 5.74) is 2.13. The molecule has 124 valence electrons. The van der Waals surface area contributed by atoms with Crippen molar-refractivity contribution in [2.75, 3.05) is 0 Å². The van der Waals surface area contributed by atoms with Crippen LogP contribution in [0.25, 0.3) is 6.08 Å². The standard InChI is InChI=1S/C20H16N2O3/c1-13(2)24-17-8-6-16(7-9-17)19-22-18(20(23)25-19)11-14-4-3-5-15(10-14)12-21/h3-11,13H,1-2H3/b18-11+. The summed E-state index contributed by atoms with van der Waals surface area (Å²) in [6, 6.07) is 16.2. The van der Waals surface area contributed by atoms with Crippen molar-refractivity contribution in [1.82, 2.24) is 0 Å². The Kier molecular flexibility index (Phi) is 4.62. The van der Waals surface area contributed by atoms with Gasteiger partial charge in [-0.1, -0.05) is 12.1 Å². The Morgan fingerprint density at radius 1 is 1.20 bits per heavy atom. The van der Waals surface area contributed by atoms with Crippen LogP contribution in [-0.4, -0.2) is 18.0 Å². The second kappa shape index (κ2) is 7.02. The number of nitriles is 1. The zero-order valence-electron chi connectivity index (χ0n) is 13.9. The highest BCUT2D eigenvalue weighted by Crippen LogP contribution is 2.21. The number of hydrogen-bond donors (Lipinski definition) is 0. The minimum atomic E-state index is -0.514. The van der Waals surface area contributed by atoms with Crippen LogP contribution in [0.4, 0.5) is 0 Å². The summed E-state index contributed by atoms with van der Waals surface area (Å²) < 4.78 is 10.8. The molecule has 0 N–H and O–H groups in total. The Morgan fingerprint density at radius 2 is 1.96 bits per heavy atom. The summed E-state index contributed by atoms with van der Waals surface area (Å²) in [4.78, 5) is 16.3. The molecule has 0 amide bonds. The van der Waals surface area contributed by atoms with E-state index in [0.29, 0.717) is 11.1 Å². The lowest BCUT2D eigenvalue weighted by molar-refractivity contribution is -0.129. The second-order valence-corrected chi connectivity index (χ2v) is 5.76. The summed E-state index contributed by atoms with van der Waals surface area (Å²) in [5.74, 6) is 0.483. The fraction of sp³-hybridized carbons (Fsp3) is 0.150. The van der Waals surface area contributed by atoms with Gasteiger partial charge in [-0.25, -0.2) is 9.79 Å². The number of nitrogens with zero attached hydrogens (tertiary/aromatic N) is 2. The molecule has 0 radical (unpaired) electrons. The maximum absolute atomic E-state index is 12.0. The van der Waals surface area contributed by atoms with Crippen LogP contribution in [0.1, 0.15) is 30.5 Å². The fourth-order valence-electron chi connectivity index (χ4n) is 2.34. The van der Waals surface area contributed by atoms with Gasteiger partial charge < -0.3 is 9.47 Å². The highest BCUT2D eigenvalue weighted by molar-refractivity contribution is 6.12. The molecule has 0 fully saturated rings. The number of hydrogen-bond acceptors (Lipinski definition) is 5. The summed E-state index contributed by atoms with van der Waals surface area (Å²) in [6.07, 6.45) is 1.69. The maximum atomic E-state index is 12.0. The van der Waals surface area contributed by atoms with Gasteiger partial charge in [0.1, 0.15) is 5.75 Å². The monoisotopic (exact) mass is 332 g/mol. The van der Waals surface area contributed by atoms with Crippen LogP contribution in [0.15, 0.2) is 59.2 Å². The lowest BCUT2D eigenvalue weighted by Crippen LogP contribution is -2.07. The zero-order valence-corrected chi connectivity index (χ0v) is 13.9. The van der Waals surface area contributed by atoms with Crippen molar-refractivity contribution < 1.29 is 14.3 Å². The van der Waals surface area contributed by atoms with Gasteiger partial charge in [0.05, 0.1) is 17.7 Å². The minimum absolute atomic E-state index is 0.0891. The van der Waals surface area contributed by atoms with E-state index >= 15 is 0 Å². The number of benzene rings is 2. The van der Waals surface area contributed by atoms with Crippen molar-refractivity contribution in [1.29, 1.82) is 5.26 Å². The van der Waals surface area contributed by atoms with E-state index in [0.717, 1.165) is 11.3 Å². The van der Waals surface area contributed by atoms with E-state index in [1.807, 2.05) is 26.0 Å². The Bertz CT molecular complexity index is 903. The minimum Gasteiger partial charge on any atom is -0.491 e. The number of ether oxygens (including phenoxy) is 2. The Morgan fingerprint density at radius 3 is 2.64 bits per heavy atom. The molecule has 0 spiro atoms. The molecule has 0 unspecified atom stereocenters. The van der Waals surface area contributed by atoms with Crippen molar-refractivity contribution in [2.24, 2.45) is 4.99 Å². The summed E-state index contributed by atoms with van der Waals surface area (Å²) in [5, 5.41) is 8.94. The van der Waals surface area contributed by atoms with Gasteiger partial charge in [0.15, 0.2) is 5.70 Å². The number of carbonyl (C=O) groups is 1. The van der Waals surface area contributed by atoms with Gasteiger partial charge in [0.25, 0.3) is 0 Å². The molecule has 5 nitrogen and oxygen atoms in total. The first kappa shape index (κ1) is 16.5. The average Bonchev–Trinajstić information content (AvgIpc) is 2.96. The Hall–Kier alpha value is -3.39. The largest absolute Gasteiger partial charge is 0.491 e.